The van der Waals surface area contributed by atoms with Crippen LogP contribution in [0.2, 0.25) is 0 Å². The minimum absolute atomic E-state index is 0.127. The molecule has 0 aliphatic carbocycles. The molecule has 2 rings (SSSR count). The van der Waals surface area contributed by atoms with Gasteiger partial charge in [0.15, 0.2) is 0 Å². The topological polar surface area (TPSA) is 30.9 Å². The second-order valence-electron chi connectivity index (χ2n) is 4.60. The first-order valence-corrected chi connectivity index (χ1v) is 5.95. The molecule has 1 heterocycles. The average molecular weight is 216 g/mol. The monoisotopic (exact) mass is 216 g/mol. The van der Waals surface area contributed by atoms with Crippen molar-refractivity contribution in [3.63, 3.8) is 0 Å². The number of aryl methyl sites for hydroxylation is 1. The van der Waals surface area contributed by atoms with Gasteiger partial charge in [-0.1, -0.05) is 38.5 Å². The Balaban J connectivity index is 2.49. The molecular formula is C14H20N2. The fraction of sp³-hybridized carbons (Fsp3) is 0.429. The Kier molecular flexibility index (Phi) is 3.01. The van der Waals surface area contributed by atoms with Gasteiger partial charge in [0, 0.05) is 24.3 Å². The summed E-state index contributed by atoms with van der Waals surface area (Å²) in [6.07, 6.45) is 1.11. The standard InChI is InChI=1S/C14H20N2/c1-4-10(2)14(15)13-9-11-7-5-6-8-12(11)16(13)3/h5-10,14H,4,15H2,1-3H3/t10?,14-/m0/s1. The third-order valence-corrected chi connectivity index (χ3v) is 3.59. The highest BCUT2D eigenvalue weighted by Gasteiger charge is 2.17. The summed E-state index contributed by atoms with van der Waals surface area (Å²) in [6, 6.07) is 10.8. The SMILES string of the molecule is CCC(C)[C@H](N)c1cc2ccccc2n1C. The number of hydrogen-bond acceptors (Lipinski definition) is 1. The second kappa shape index (κ2) is 4.30. The van der Waals surface area contributed by atoms with Crippen molar-refractivity contribution in [2.24, 2.45) is 18.7 Å². The smallest absolute Gasteiger partial charge is 0.0480 e. The molecule has 0 fully saturated rings. The minimum atomic E-state index is 0.127. The first-order chi connectivity index (χ1) is 7.65. The number of hydrogen-bond donors (Lipinski definition) is 1. The lowest BCUT2D eigenvalue weighted by Crippen LogP contribution is -2.21. The fourth-order valence-electron chi connectivity index (χ4n) is 2.18. The van der Waals surface area contributed by atoms with Gasteiger partial charge >= 0.3 is 0 Å². The van der Waals surface area contributed by atoms with E-state index >= 15 is 0 Å². The lowest BCUT2D eigenvalue weighted by atomic mass is 9.97. The third-order valence-electron chi connectivity index (χ3n) is 3.59. The van der Waals surface area contributed by atoms with Gasteiger partial charge in [-0.25, -0.2) is 0 Å². The van der Waals surface area contributed by atoms with Gasteiger partial charge in [0.2, 0.25) is 0 Å². The quantitative estimate of drug-likeness (QED) is 0.839. The van der Waals surface area contributed by atoms with Crippen molar-refractivity contribution in [2.75, 3.05) is 0 Å². The van der Waals surface area contributed by atoms with Gasteiger partial charge in [0.1, 0.15) is 0 Å². The van der Waals surface area contributed by atoms with E-state index in [0.717, 1.165) is 6.42 Å². The van der Waals surface area contributed by atoms with Crippen LogP contribution in [0.15, 0.2) is 30.3 Å². The maximum Gasteiger partial charge on any atom is 0.0480 e. The van der Waals surface area contributed by atoms with E-state index in [0.29, 0.717) is 5.92 Å². The minimum Gasteiger partial charge on any atom is -0.346 e. The van der Waals surface area contributed by atoms with E-state index in [1.807, 2.05) is 0 Å². The first-order valence-electron chi connectivity index (χ1n) is 5.95. The Morgan fingerprint density at radius 1 is 1.31 bits per heavy atom. The van der Waals surface area contributed by atoms with Crippen molar-refractivity contribution in [3.05, 3.63) is 36.0 Å². The van der Waals surface area contributed by atoms with E-state index in [1.54, 1.807) is 0 Å². The number of para-hydroxylation sites is 1. The predicted octanol–water partition coefficient (Wildman–Crippen LogP) is 3.22. The molecule has 86 valence electrons. The summed E-state index contributed by atoms with van der Waals surface area (Å²) in [5.74, 6) is 0.517. The van der Waals surface area contributed by atoms with Crippen LogP contribution < -0.4 is 5.73 Å². The van der Waals surface area contributed by atoms with E-state index in [2.05, 4.69) is 55.8 Å². The third kappa shape index (κ3) is 1.74. The van der Waals surface area contributed by atoms with Gasteiger partial charge < -0.3 is 10.3 Å². The zero-order valence-electron chi connectivity index (χ0n) is 10.3. The molecule has 0 saturated heterocycles. The number of fused-ring (bicyclic) bond motifs is 1. The van der Waals surface area contributed by atoms with Crippen LogP contribution in [0.5, 0.6) is 0 Å². The highest BCUT2D eigenvalue weighted by molar-refractivity contribution is 5.81. The van der Waals surface area contributed by atoms with E-state index in [-0.39, 0.29) is 6.04 Å². The van der Waals surface area contributed by atoms with E-state index in [9.17, 15) is 0 Å². The zero-order valence-corrected chi connectivity index (χ0v) is 10.3. The molecule has 0 saturated carbocycles. The molecule has 16 heavy (non-hydrogen) atoms. The molecular weight excluding hydrogens is 196 g/mol. The molecule has 0 amide bonds. The molecule has 0 spiro atoms. The summed E-state index contributed by atoms with van der Waals surface area (Å²) in [5.41, 5.74) is 8.79. The van der Waals surface area contributed by atoms with Gasteiger partial charge in [-0.2, -0.15) is 0 Å². The number of benzene rings is 1. The van der Waals surface area contributed by atoms with Crippen molar-refractivity contribution >= 4 is 10.9 Å². The molecule has 2 aromatic rings. The molecule has 0 bridgehead atoms. The lowest BCUT2D eigenvalue weighted by molar-refractivity contribution is 0.441. The van der Waals surface area contributed by atoms with Crippen LogP contribution in [-0.4, -0.2) is 4.57 Å². The molecule has 2 nitrogen and oxygen atoms in total. The van der Waals surface area contributed by atoms with Crippen LogP contribution in [0.25, 0.3) is 10.9 Å². The summed E-state index contributed by atoms with van der Waals surface area (Å²) in [7, 11) is 2.10. The summed E-state index contributed by atoms with van der Waals surface area (Å²) >= 11 is 0. The van der Waals surface area contributed by atoms with Crippen molar-refractivity contribution in [3.8, 4) is 0 Å². The molecule has 1 aromatic carbocycles. The van der Waals surface area contributed by atoms with Gasteiger partial charge in [0.25, 0.3) is 0 Å². The fourth-order valence-corrected chi connectivity index (χ4v) is 2.18. The van der Waals surface area contributed by atoms with Crippen LogP contribution in [-0.2, 0) is 7.05 Å². The van der Waals surface area contributed by atoms with Crippen molar-refractivity contribution in [2.45, 2.75) is 26.3 Å². The zero-order chi connectivity index (χ0) is 11.7. The molecule has 0 aliphatic heterocycles. The van der Waals surface area contributed by atoms with E-state index in [4.69, 9.17) is 5.73 Å². The molecule has 2 N–H and O–H groups in total. The van der Waals surface area contributed by atoms with Crippen LogP contribution in [0.3, 0.4) is 0 Å². The molecule has 1 aromatic heterocycles. The second-order valence-corrected chi connectivity index (χ2v) is 4.60. The first kappa shape index (κ1) is 11.2. The van der Waals surface area contributed by atoms with Crippen LogP contribution >= 0.6 is 0 Å². The van der Waals surface area contributed by atoms with E-state index < -0.39 is 0 Å². The Morgan fingerprint density at radius 2 is 2.00 bits per heavy atom. The van der Waals surface area contributed by atoms with Gasteiger partial charge in [-0.3, -0.25) is 0 Å². The van der Waals surface area contributed by atoms with Gasteiger partial charge in [0.05, 0.1) is 0 Å². The van der Waals surface area contributed by atoms with Crippen LogP contribution in [0.4, 0.5) is 0 Å². The average Bonchev–Trinajstić information content (AvgIpc) is 2.65. The highest BCUT2D eigenvalue weighted by Crippen LogP contribution is 2.27. The molecule has 0 aliphatic rings. The summed E-state index contributed by atoms with van der Waals surface area (Å²) in [5, 5.41) is 1.28. The molecule has 0 radical (unpaired) electrons. The number of nitrogens with zero attached hydrogens (tertiary/aromatic N) is 1. The highest BCUT2D eigenvalue weighted by atomic mass is 15.0. The Bertz CT molecular complexity index is 484. The Labute approximate surface area is 97.1 Å². The van der Waals surface area contributed by atoms with Crippen molar-refractivity contribution in [1.29, 1.82) is 0 Å². The lowest BCUT2D eigenvalue weighted by Gasteiger charge is -2.19. The van der Waals surface area contributed by atoms with Crippen molar-refractivity contribution in [1.82, 2.24) is 4.57 Å². The molecule has 2 atom stereocenters. The van der Waals surface area contributed by atoms with Gasteiger partial charge in [-0.05, 0) is 23.4 Å². The van der Waals surface area contributed by atoms with Gasteiger partial charge in [-0.15, -0.1) is 0 Å². The van der Waals surface area contributed by atoms with Crippen LogP contribution in [0, 0.1) is 5.92 Å². The number of aromatic nitrogens is 1. The molecule has 2 heteroatoms. The summed E-state index contributed by atoms with van der Waals surface area (Å²) in [6.45, 7) is 4.40. The predicted molar refractivity (Wildman–Crippen MR) is 69.3 cm³/mol. The summed E-state index contributed by atoms with van der Waals surface area (Å²) < 4.78 is 2.21. The van der Waals surface area contributed by atoms with Crippen molar-refractivity contribution < 1.29 is 0 Å². The Morgan fingerprint density at radius 3 is 2.62 bits per heavy atom. The number of rotatable bonds is 3. The molecule has 1 unspecified atom stereocenters. The maximum absolute atomic E-state index is 6.29. The maximum atomic E-state index is 6.29. The Hall–Kier alpha value is -1.28. The van der Waals surface area contributed by atoms with Crippen LogP contribution in [0.1, 0.15) is 32.0 Å². The normalized spacial score (nSPS) is 15.2. The van der Waals surface area contributed by atoms with E-state index in [1.165, 1.54) is 16.6 Å². The summed E-state index contributed by atoms with van der Waals surface area (Å²) in [4.78, 5) is 0. The number of nitrogens with two attached hydrogens (primary N) is 1. The largest absolute Gasteiger partial charge is 0.346 e.